The highest BCUT2D eigenvalue weighted by molar-refractivity contribution is 7.80. The fourth-order valence-electron chi connectivity index (χ4n) is 3.71. The van der Waals surface area contributed by atoms with Crippen LogP contribution in [-0.2, 0) is 14.3 Å². The van der Waals surface area contributed by atoms with Gasteiger partial charge in [0.15, 0.2) is 11.7 Å². The monoisotopic (exact) mass is 417 g/mol. The SMILES string of the molecule is COC(=O)C1=C(C)NC(=S)NC1c1ccccc1OCC(=O)N1CCCCCC1. The standard InChI is InChI=1S/C21H27N3O4S/c1-14-18(20(26)27-2)19(23-21(29)22-14)15-9-5-6-10-16(15)28-13-17(25)24-11-7-3-4-8-12-24/h5-6,9-10,19H,3-4,7-8,11-13H2,1-2H3,(H2,22,23,29). The fourth-order valence-corrected chi connectivity index (χ4v) is 3.98. The molecule has 0 bridgehead atoms. The zero-order chi connectivity index (χ0) is 20.8. The summed E-state index contributed by atoms with van der Waals surface area (Å²) in [6, 6.07) is 6.81. The van der Waals surface area contributed by atoms with Crippen LogP contribution in [0.4, 0.5) is 0 Å². The van der Waals surface area contributed by atoms with Crippen LogP contribution in [0.25, 0.3) is 0 Å². The van der Waals surface area contributed by atoms with Crippen LogP contribution in [0.1, 0.15) is 44.2 Å². The van der Waals surface area contributed by atoms with Crippen LogP contribution in [0.2, 0.25) is 0 Å². The Morgan fingerprint density at radius 2 is 1.86 bits per heavy atom. The Labute approximate surface area is 176 Å². The molecule has 0 radical (unpaired) electrons. The van der Waals surface area contributed by atoms with Crippen molar-refractivity contribution in [2.75, 3.05) is 26.8 Å². The van der Waals surface area contributed by atoms with Crippen molar-refractivity contribution in [2.24, 2.45) is 0 Å². The van der Waals surface area contributed by atoms with E-state index in [1.165, 1.54) is 7.11 Å². The largest absolute Gasteiger partial charge is 0.483 e. The number of thiocarbonyl (C=S) groups is 1. The number of rotatable bonds is 5. The van der Waals surface area contributed by atoms with Crippen molar-refractivity contribution < 1.29 is 19.1 Å². The second-order valence-electron chi connectivity index (χ2n) is 7.18. The summed E-state index contributed by atoms with van der Waals surface area (Å²) in [7, 11) is 1.34. The average Bonchev–Trinajstić information content (AvgIpc) is 3.01. The van der Waals surface area contributed by atoms with Gasteiger partial charge < -0.3 is 25.0 Å². The van der Waals surface area contributed by atoms with Gasteiger partial charge in [-0.2, -0.15) is 0 Å². The van der Waals surface area contributed by atoms with Crippen LogP contribution in [0.3, 0.4) is 0 Å². The molecule has 1 fully saturated rings. The van der Waals surface area contributed by atoms with E-state index in [4.69, 9.17) is 21.7 Å². The summed E-state index contributed by atoms with van der Waals surface area (Å²) in [5.74, 6) is 0.0629. The number of nitrogens with one attached hydrogen (secondary N) is 2. The summed E-state index contributed by atoms with van der Waals surface area (Å²) in [6.45, 7) is 3.30. The fraction of sp³-hybridized carbons (Fsp3) is 0.476. The number of hydrogen-bond acceptors (Lipinski definition) is 5. The number of para-hydroxylation sites is 1. The third-order valence-corrected chi connectivity index (χ3v) is 5.43. The summed E-state index contributed by atoms with van der Waals surface area (Å²) in [4.78, 5) is 26.9. The Kier molecular flexibility index (Phi) is 7.09. The molecule has 7 nitrogen and oxygen atoms in total. The van der Waals surface area contributed by atoms with Gasteiger partial charge in [-0.3, -0.25) is 4.79 Å². The molecule has 0 spiro atoms. The van der Waals surface area contributed by atoms with E-state index in [2.05, 4.69) is 10.6 Å². The molecule has 3 rings (SSSR count). The van der Waals surface area contributed by atoms with Gasteiger partial charge in [-0.1, -0.05) is 31.0 Å². The lowest BCUT2D eigenvalue weighted by Crippen LogP contribution is -2.45. The normalized spacial score (nSPS) is 19.7. The van der Waals surface area contributed by atoms with Crippen LogP contribution in [-0.4, -0.2) is 48.7 Å². The average molecular weight is 418 g/mol. The minimum Gasteiger partial charge on any atom is -0.483 e. The topological polar surface area (TPSA) is 79.9 Å². The number of ether oxygens (including phenoxy) is 2. The quantitative estimate of drug-likeness (QED) is 0.563. The van der Waals surface area contributed by atoms with Crippen molar-refractivity contribution >= 4 is 29.2 Å². The lowest BCUT2D eigenvalue weighted by Gasteiger charge is -2.30. The van der Waals surface area contributed by atoms with Gasteiger partial charge in [0.25, 0.3) is 5.91 Å². The maximum absolute atomic E-state index is 12.6. The van der Waals surface area contributed by atoms with Crippen molar-refractivity contribution in [3.63, 3.8) is 0 Å². The van der Waals surface area contributed by atoms with Crippen molar-refractivity contribution in [1.82, 2.24) is 15.5 Å². The zero-order valence-corrected chi connectivity index (χ0v) is 17.6. The number of carbonyl (C=O) groups excluding carboxylic acids is 2. The van der Waals surface area contributed by atoms with Crippen LogP contribution in [0.15, 0.2) is 35.5 Å². The molecule has 8 heteroatoms. The predicted molar refractivity (Wildman–Crippen MR) is 113 cm³/mol. The Morgan fingerprint density at radius 1 is 1.17 bits per heavy atom. The number of likely N-dealkylation sites (tertiary alicyclic amines) is 1. The summed E-state index contributed by atoms with van der Waals surface area (Å²) >= 11 is 5.27. The molecule has 29 heavy (non-hydrogen) atoms. The minimum atomic E-state index is -0.527. The Morgan fingerprint density at radius 3 is 2.55 bits per heavy atom. The molecule has 0 aliphatic carbocycles. The van der Waals surface area contributed by atoms with E-state index < -0.39 is 12.0 Å². The molecule has 2 N–H and O–H groups in total. The first-order valence-electron chi connectivity index (χ1n) is 9.87. The number of carbonyl (C=O) groups is 2. The van der Waals surface area contributed by atoms with E-state index >= 15 is 0 Å². The second-order valence-corrected chi connectivity index (χ2v) is 7.59. The van der Waals surface area contributed by atoms with E-state index in [1.54, 1.807) is 13.0 Å². The molecule has 2 aliphatic heterocycles. The first kappa shape index (κ1) is 21.1. The van der Waals surface area contributed by atoms with Crippen molar-refractivity contribution in [3.8, 4) is 5.75 Å². The summed E-state index contributed by atoms with van der Waals surface area (Å²) < 4.78 is 10.9. The first-order chi connectivity index (χ1) is 14.0. The van der Waals surface area contributed by atoms with Crippen molar-refractivity contribution in [2.45, 2.75) is 38.6 Å². The van der Waals surface area contributed by atoms with Crippen molar-refractivity contribution in [3.05, 3.63) is 41.1 Å². The van der Waals surface area contributed by atoms with Crippen molar-refractivity contribution in [1.29, 1.82) is 0 Å². The highest BCUT2D eigenvalue weighted by Crippen LogP contribution is 2.33. The molecular formula is C21H27N3O4S. The van der Waals surface area contributed by atoms with Gasteiger partial charge in [0.1, 0.15) is 5.75 Å². The smallest absolute Gasteiger partial charge is 0.337 e. The third-order valence-electron chi connectivity index (χ3n) is 5.21. The van der Waals surface area contributed by atoms with Crippen LogP contribution in [0, 0.1) is 0 Å². The molecule has 1 atom stereocenters. The summed E-state index contributed by atoms with van der Waals surface area (Å²) in [5, 5.41) is 6.49. The van der Waals surface area contributed by atoms with Gasteiger partial charge in [-0.15, -0.1) is 0 Å². The maximum Gasteiger partial charge on any atom is 0.337 e. The van der Waals surface area contributed by atoms with Gasteiger partial charge in [0.05, 0.1) is 18.7 Å². The number of allylic oxidation sites excluding steroid dienone is 1. The molecular weight excluding hydrogens is 390 g/mol. The van der Waals surface area contributed by atoms with Crippen LogP contribution < -0.4 is 15.4 Å². The molecule has 0 aromatic heterocycles. The number of benzene rings is 1. The van der Waals surface area contributed by atoms with E-state index in [1.807, 2.05) is 23.1 Å². The van der Waals surface area contributed by atoms with E-state index in [0.717, 1.165) is 44.3 Å². The highest BCUT2D eigenvalue weighted by Gasteiger charge is 2.32. The first-order valence-corrected chi connectivity index (χ1v) is 10.3. The molecule has 2 heterocycles. The number of nitrogens with zero attached hydrogens (tertiary/aromatic N) is 1. The van der Waals surface area contributed by atoms with E-state index in [9.17, 15) is 9.59 Å². The number of esters is 1. The zero-order valence-electron chi connectivity index (χ0n) is 16.8. The summed E-state index contributed by atoms with van der Waals surface area (Å²) in [5.41, 5.74) is 1.77. The van der Waals surface area contributed by atoms with Gasteiger partial charge in [-0.25, -0.2) is 4.79 Å². The molecule has 0 saturated carbocycles. The lowest BCUT2D eigenvalue weighted by atomic mass is 9.95. The molecule has 1 aromatic carbocycles. The molecule has 1 saturated heterocycles. The molecule has 2 aliphatic rings. The lowest BCUT2D eigenvalue weighted by molar-refractivity contribution is -0.136. The van der Waals surface area contributed by atoms with E-state index in [0.29, 0.717) is 22.1 Å². The van der Waals surface area contributed by atoms with E-state index in [-0.39, 0.29) is 12.5 Å². The number of amides is 1. The van der Waals surface area contributed by atoms with Gasteiger partial charge >= 0.3 is 5.97 Å². The summed E-state index contributed by atoms with van der Waals surface area (Å²) in [6.07, 6.45) is 4.39. The van der Waals surface area contributed by atoms with Crippen LogP contribution in [0.5, 0.6) is 5.75 Å². The number of hydrogen-bond donors (Lipinski definition) is 2. The Bertz CT molecular complexity index is 816. The van der Waals surface area contributed by atoms with Crippen LogP contribution >= 0.6 is 12.2 Å². The molecule has 1 aromatic rings. The van der Waals surface area contributed by atoms with Gasteiger partial charge in [-0.05, 0) is 38.0 Å². The molecule has 1 unspecified atom stereocenters. The molecule has 156 valence electrons. The molecule has 1 amide bonds. The number of methoxy groups -OCH3 is 1. The maximum atomic E-state index is 12.6. The van der Waals surface area contributed by atoms with Gasteiger partial charge in [0.2, 0.25) is 0 Å². The highest BCUT2D eigenvalue weighted by atomic mass is 32.1. The predicted octanol–water partition coefficient (Wildman–Crippen LogP) is 2.43. The second kappa shape index (κ2) is 9.73. The Balaban J connectivity index is 1.80. The minimum absolute atomic E-state index is 0.0181. The van der Waals surface area contributed by atoms with Gasteiger partial charge in [0, 0.05) is 24.4 Å². The Hall–Kier alpha value is -2.61. The third kappa shape index (κ3) is 5.06.